The van der Waals surface area contributed by atoms with Crippen molar-refractivity contribution >= 4 is 39.8 Å². The van der Waals surface area contributed by atoms with Gasteiger partial charge in [-0.05, 0) is 60.7 Å². The van der Waals surface area contributed by atoms with Crippen molar-refractivity contribution in [3.05, 3.63) is 40.8 Å². The zero-order valence-corrected chi connectivity index (χ0v) is 15.2. The topological polar surface area (TPSA) is 55.8 Å². The van der Waals surface area contributed by atoms with Crippen LogP contribution in [0.3, 0.4) is 0 Å². The SMILES string of the molecule is CCOc1ccc2ccc(OCC)c(/C=C3/SC(=O)N(C)C3=O)c2c1. The van der Waals surface area contributed by atoms with Crippen LogP contribution in [0.4, 0.5) is 4.79 Å². The average Bonchev–Trinajstić information content (AvgIpc) is 2.84. The molecular weight excluding hydrogens is 338 g/mol. The molecule has 0 aromatic heterocycles. The predicted molar refractivity (Wildman–Crippen MR) is 100 cm³/mol. The van der Waals surface area contributed by atoms with Gasteiger partial charge in [0.1, 0.15) is 11.5 Å². The number of imide groups is 1. The molecule has 0 radical (unpaired) electrons. The Labute approximate surface area is 150 Å². The van der Waals surface area contributed by atoms with E-state index in [9.17, 15) is 9.59 Å². The Morgan fingerprint density at radius 2 is 1.80 bits per heavy atom. The molecule has 6 heteroatoms. The molecule has 2 amide bonds. The van der Waals surface area contributed by atoms with Crippen LogP contribution in [0.5, 0.6) is 11.5 Å². The molecule has 25 heavy (non-hydrogen) atoms. The van der Waals surface area contributed by atoms with E-state index in [-0.39, 0.29) is 11.1 Å². The maximum absolute atomic E-state index is 12.2. The number of carbonyl (C=O) groups excluding carboxylic acids is 2. The molecule has 2 aromatic carbocycles. The molecule has 5 nitrogen and oxygen atoms in total. The van der Waals surface area contributed by atoms with Gasteiger partial charge in [0, 0.05) is 12.6 Å². The molecule has 0 spiro atoms. The zero-order chi connectivity index (χ0) is 18.0. The maximum atomic E-state index is 12.2. The number of likely N-dealkylation sites (N-methyl/N-ethyl adjacent to an activating group) is 1. The molecule has 1 fully saturated rings. The fraction of sp³-hybridized carbons (Fsp3) is 0.263. The van der Waals surface area contributed by atoms with E-state index in [0.717, 1.165) is 38.7 Å². The van der Waals surface area contributed by atoms with E-state index in [0.29, 0.717) is 23.9 Å². The normalized spacial score (nSPS) is 16.1. The van der Waals surface area contributed by atoms with Crippen LogP contribution in [0, 0.1) is 0 Å². The van der Waals surface area contributed by atoms with E-state index in [1.165, 1.54) is 7.05 Å². The predicted octanol–water partition coefficient (Wildman–Crippen LogP) is 4.30. The van der Waals surface area contributed by atoms with Gasteiger partial charge in [-0.2, -0.15) is 0 Å². The summed E-state index contributed by atoms with van der Waals surface area (Å²) in [6, 6.07) is 9.67. The Morgan fingerprint density at radius 1 is 1.08 bits per heavy atom. The molecule has 130 valence electrons. The quantitative estimate of drug-likeness (QED) is 0.747. The van der Waals surface area contributed by atoms with E-state index in [2.05, 4.69) is 0 Å². The summed E-state index contributed by atoms with van der Waals surface area (Å²) in [5.74, 6) is 1.13. The van der Waals surface area contributed by atoms with Crippen molar-refractivity contribution < 1.29 is 19.1 Å². The van der Waals surface area contributed by atoms with Crippen LogP contribution in [0.25, 0.3) is 16.8 Å². The van der Waals surface area contributed by atoms with Gasteiger partial charge in [-0.3, -0.25) is 14.5 Å². The minimum atomic E-state index is -0.296. The van der Waals surface area contributed by atoms with Gasteiger partial charge < -0.3 is 9.47 Å². The van der Waals surface area contributed by atoms with Crippen LogP contribution in [0.1, 0.15) is 19.4 Å². The van der Waals surface area contributed by atoms with Crippen molar-refractivity contribution in [3.63, 3.8) is 0 Å². The summed E-state index contributed by atoms with van der Waals surface area (Å²) in [6.45, 7) is 4.91. The number of nitrogens with zero attached hydrogens (tertiary/aromatic N) is 1. The number of benzene rings is 2. The highest BCUT2D eigenvalue weighted by Crippen LogP contribution is 2.37. The van der Waals surface area contributed by atoms with Crippen LogP contribution < -0.4 is 9.47 Å². The van der Waals surface area contributed by atoms with Crippen molar-refractivity contribution in [2.45, 2.75) is 13.8 Å². The van der Waals surface area contributed by atoms with Crippen LogP contribution in [0.2, 0.25) is 0 Å². The smallest absolute Gasteiger partial charge is 0.293 e. The number of carbonyl (C=O) groups is 2. The second kappa shape index (κ2) is 7.19. The van der Waals surface area contributed by atoms with E-state index in [1.54, 1.807) is 6.08 Å². The number of amides is 2. The monoisotopic (exact) mass is 357 g/mol. The minimum absolute atomic E-state index is 0.274. The molecule has 0 saturated carbocycles. The lowest BCUT2D eigenvalue weighted by molar-refractivity contribution is -0.121. The third kappa shape index (κ3) is 3.35. The number of hydrogen-bond acceptors (Lipinski definition) is 5. The Hall–Kier alpha value is -2.47. The van der Waals surface area contributed by atoms with Crippen molar-refractivity contribution in [1.29, 1.82) is 0 Å². The standard InChI is InChI=1S/C19H19NO4S/c1-4-23-13-8-6-12-7-9-16(24-5-2)15(14(12)10-13)11-17-18(21)20(3)19(22)25-17/h6-11H,4-5H2,1-3H3/b17-11+. The summed E-state index contributed by atoms with van der Waals surface area (Å²) in [5.41, 5.74) is 0.778. The highest BCUT2D eigenvalue weighted by molar-refractivity contribution is 8.18. The number of ether oxygens (including phenoxy) is 2. The summed E-state index contributed by atoms with van der Waals surface area (Å²) in [5, 5.41) is 1.65. The van der Waals surface area contributed by atoms with Crippen LogP contribution in [0.15, 0.2) is 35.2 Å². The van der Waals surface area contributed by atoms with Crippen LogP contribution >= 0.6 is 11.8 Å². The van der Waals surface area contributed by atoms with Gasteiger partial charge in [-0.1, -0.05) is 12.1 Å². The zero-order valence-electron chi connectivity index (χ0n) is 14.4. The Kier molecular flexibility index (Phi) is 4.99. The lowest BCUT2D eigenvalue weighted by atomic mass is 10.0. The molecular formula is C19H19NO4S. The second-order valence-corrected chi connectivity index (χ2v) is 6.46. The molecule has 1 heterocycles. The van der Waals surface area contributed by atoms with Gasteiger partial charge >= 0.3 is 0 Å². The third-order valence-electron chi connectivity index (χ3n) is 3.87. The first-order valence-corrected chi connectivity index (χ1v) is 8.90. The first kappa shape index (κ1) is 17.4. The Morgan fingerprint density at radius 3 is 2.44 bits per heavy atom. The van der Waals surface area contributed by atoms with Crippen molar-refractivity contribution in [1.82, 2.24) is 4.90 Å². The first-order chi connectivity index (χ1) is 12.0. The number of thioether (sulfide) groups is 1. The van der Waals surface area contributed by atoms with Crippen molar-refractivity contribution in [2.24, 2.45) is 0 Å². The number of fused-ring (bicyclic) bond motifs is 1. The number of rotatable bonds is 5. The molecule has 0 atom stereocenters. The Balaban J connectivity index is 2.19. The lowest BCUT2D eigenvalue weighted by Crippen LogP contribution is -2.22. The first-order valence-electron chi connectivity index (χ1n) is 8.09. The van der Waals surface area contributed by atoms with Crippen LogP contribution in [-0.2, 0) is 4.79 Å². The van der Waals surface area contributed by atoms with Gasteiger partial charge in [-0.15, -0.1) is 0 Å². The second-order valence-electron chi connectivity index (χ2n) is 5.47. The van der Waals surface area contributed by atoms with E-state index in [4.69, 9.17) is 9.47 Å². The Bertz CT molecular complexity index is 870. The molecule has 0 bridgehead atoms. The van der Waals surface area contributed by atoms with Gasteiger partial charge in [0.15, 0.2) is 0 Å². The van der Waals surface area contributed by atoms with Crippen molar-refractivity contribution in [3.8, 4) is 11.5 Å². The molecule has 1 aliphatic heterocycles. The summed E-state index contributed by atoms with van der Waals surface area (Å²) in [4.78, 5) is 25.5. The van der Waals surface area contributed by atoms with Crippen LogP contribution in [-0.4, -0.2) is 36.3 Å². The molecule has 2 aromatic rings. The fourth-order valence-corrected chi connectivity index (χ4v) is 3.47. The largest absolute Gasteiger partial charge is 0.494 e. The minimum Gasteiger partial charge on any atom is -0.494 e. The number of hydrogen-bond donors (Lipinski definition) is 0. The molecule has 1 saturated heterocycles. The summed E-state index contributed by atoms with van der Waals surface area (Å²) in [7, 11) is 1.48. The summed E-state index contributed by atoms with van der Waals surface area (Å²) in [6.07, 6.45) is 1.73. The van der Waals surface area contributed by atoms with Crippen molar-refractivity contribution in [2.75, 3.05) is 20.3 Å². The van der Waals surface area contributed by atoms with E-state index in [1.807, 2.05) is 44.2 Å². The molecule has 0 N–H and O–H groups in total. The van der Waals surface area contributed by atoms with Gasteiger partial charge in [0.25, 0.3) is 11.1 Å². The molecule has 3 rings (SSSR count). The molecule has 1 aliphatic rings. The van der Waals surface area contributed by atoms with Gasteiger partial charge in [-0.25, -0.2) is 0 Å². The summed E-state index contributed by atoms with van der Waals surface area (Å²) < 4.78 is 11.3. The average molecular weight is 357 g/mol. The lowest BCUT2D eigenvalue weighted by Gasteiger charge is -2.12. The fourth-order valence-electron chi connectivity index (χ4n) is 2.67. The molecule has 0 unspecified atom stereocenters. The summed E-state index contributed by atoms with van der Waals surface area (Å²) >= 11 is 0.938. The highest BCUT2D eigenvalue weighted by Gasteiger charge is 2.32. The van der Waals surface area contributed by atoms with Gasteiger partial charge in [0.05, 0.1) is 18.1 Å². The molecule has 0 aliphatic carbocycles. The maximum Gasteiger partial charge on any atom is 0.293 e. The van der Waals surface area contributed by atoms with E-state index >= 15 is 0 Å². The highest BCUT2D eigenvalue weighted by atomic mass is 32.2. The van der Waals surface area contributed by atoms with Gasteiger partial charge in [0.2, 0.25) is 0 Å². The van der Waals surface area contributed by atoms with E-state index < -0.39 is 0 Å². The third-order valence-corrected chi connectivity index (χ3v) is 4.83.